The molecular formula is C18H23N3O4. The van der Waals surface area contributed by atoms with Gasteiger partial charge in [0.1, 0.15) is 12.3 Å². The van der Waals surface area contributed by atoms with Crippen molar-refractivity contribution < 1.29 is 19.1 Å². The molecule has 0 bridgehead atoms. The number of carbonyl (C=O) groups is 2. The third-order valence-corrected chi connectivity index (χ3v) is 3.59. The Bertz CT molecular complexity index is 768. The summed E-state index contributed by atoms with van der Waals surface area (Å²) in [4.78, 5) is 23.7. The molecule has 2 aromatic rings. The van der Waals surface area contributed by atoms with Crippen molar-refractivity contribution in [3.05, 3.63) is 41.2 Å². The largest absolute Gasteiger partial charge is 0.484 e. The first-order valence-corrected chi connectivity index (χ1v) is 8.09. The maximum atomic E-state index is 12.1. The lowest BCUT2D eigenvalue weighted by Gasteiger charge is -2.09. The number of rotatable bonds is 7. The van der Waals surface area contributed by atoms with E-state index < -0.39 is 0 Å². The second-order valence-electron chi connectivity index (χ2n) is 5.66. The van der Waals surface area contributed by atoms with E-state index in [1.54, 1.807) is 26.8 Å². The fourth-order valence-corrected chi connectivity index (χ4v) is 2.39. The number of ether oxygens (including phenoxy) is 2. The molecule has 2 rings (SSSR count). The summed E-state index contributed by atoms with van der Waals surface area (Å²) < 4.78 is 11.9. The summed E-state index contributed by atoms with van der Waals surface area (Å²) >= 11 is 0. The van der Waals surface area contributed by atoms with Crippen LogP contribution in [0.2, 0.25) is 0 Å². The fourth-order valence-electron chi connectivity index (χ4n) is 2.39. The number of aromatic nitrogens is 2. The average Bonchev–Trinajstić information content (AvgIpc) is 2.81. The van der Waals surface area contributed by atoms with E-state index in [9.17, 15) is 9.59 Å². The Labute approximate surface area is 146 Å². The molecule has 1 aromatic carbocycles. The highest BCUT2D eigenvalue weighted by atomic mass is 16.5. The maximum Gasteiger partial charge on any atom is 0.327 e. The molecule has 1 N–H and O–H groups in total. The number of carbonyl (C=O) groups excluding carboxylic acids is 2. The van der Waals surface area contributed by atoms with Crippen LogP contribution >= 0.6 is 0 Å². The summed E-state index contributed by atoms with van der Waals surface area (Å²) in [5, 5.41) is 7.07. The minimum Gasteiger partial charge on any atom is -0.484 e. The third-order valence-electron chi connectivity index (χ3n) is 3.59. The van der Waals surface area contributed by atoms with E-state index >= 15 is 0 Å². The average molecular weight is 345 g/mol. The first-order valence-electron chi connectivity index (χ1n) is 8.09. The minimum atomic E-state index is -0.367. The molecule has 0 spiro atoms. The van der Waals surface area contributed by atoms with Crippen molar-refractivity contribution in [3.8, 4) is 5.75 Å². The number of aryl methyl sites for hydroxylation is 2. The van der Waals surface area contributed by atoms with Gasteiger partial charge in [-0.2, -0.15) is 5.10 Å². The van der Waals surface area contributed by atoms with Gasteiger partial charge in [0, 0.05) is 0 Å². The molecule has 25 heavy (non-hydrogen) atoms. The molecule has 0 radical (unpaired) electrons. The summed E-state index contributed by atoms with van der Waals surface area (Å²) in [5.74, 6) is -0.0150. The number of amides is 1. The van der Waals surface area contributed by atoms with Crippen molar-refractivity contribution in [2.75, 3.05) is 18.5 Å². The zero-order chi connectivity index (χ0) is 18.4. The third kappa shape index (κ3) is 5.07. The summed E-state index contributed by atoms with van der Waals surface area (Å²) in [6, 6.07) is 7.49. The van der Waals surface area contributed by atoms with Crippen LogP contribution in [0.25, 0.3) is 0 Å². The van der Waals surface area contributed by atoms with E-state index in [2.05, 4.69) is 10.4 Å². The molecule has 7 nitrogen and oxygen atoms in total. The molecule has 0 aliphatic heterocycles. The van der Waals surface area contributed by atoms with Crippen molar-refractivity contribution in [1.29, 1.82) is 0 Å². The lowest BCUT2D eigenvalue weighted by molar-refractivity contribution is -0.144. The summed E-state index contributed by atoms with van der Waals surface area (Å²) in [6.45, 7) is 7.48. The molecule has 7 heteroatoms. The van der Waals surface area contributed by atoms with Gasteiger partial charge in [-0.3, -0.25) is 14.3 Å². The van der Waals surface area contributed by atoms with E-state index in [0.717, 1.165) is 5.56 Å². The monoisotopic (exact) mass is 345 g/mol. The van der Waals surface area contributed by atoms with Crippen LogP contribution in [-0.4, -0.2) is 34.9 Å². The molecule has 0 saturated carbocycles. The number of anilines is 1. The van der Waals surface area contributed by atoms with E-state index in [4.69, 9.17) is 9.47 Å². The molecule has 0 aliphatic carbocycles. The smallest absolute Gasteiger partial charge is 0.327 e. The van der Waals surface area contributed by atoms with Gasteiger partial charge >= 0.3 is 5.97 Å². The van der Waals surface area contributed by atoms with E-state index in [-0.39, 0.29) is 25.0 Å². The lowest BCUT2D eigenvalue weighted by atomic mass is 10.2. The van der Waals surface area contributed by atoms with Gasteiger partial charge in [-0.15, -0.1) is 0 Å². The number of benzene rings is 1. The molecule has 0 atom stereocenters. The Hall–Kier alpha value is -2.83. The molecule has 0 fully saturated rings. The quantitative estimate of drug-likeness (QED) is 0.779. The Balaban J connectivity index is 1.98. The Morgan fingerprint density at radius 1 is 1.24 bits per heavy atom. The van der Waals surface area contributed by atoms with Crippen molar-refractivity contribution >= 4 is 17.6 Å². The van der Waals surface area contributed by atoms with Gasteiger partial charge in [0.2, 0.25) is 0 Å². The van der Waals surface area contributed by atoms with Crippen LogP contribution < -0.4 is 10.1 Å². The van der Waals surface area contributed by atoms with Crippen LogP contribution in [0.1, 0.15) is 23.9 Å². The molecule has 1 aromatic heterocycles. The molecule has 134 valence electrons. The van der Waals surface area contributed by atoms with Gasteiger partial charge in [0.25, 0.3) is 5.91 Å². The first-order chi connectivity index (χ1) is 11.9. The van der Waals surface area contributed by atoms with Crippen molar-refractivity contribution in [3.63, 3.8) is 0 Å². The van der Waals surface area contributed by atoms with Gasteiger partial charge in [-0.1, -0.05) is 12.1 Å². The van der Waals surface area contributed by atoms with E-state index in [1.807, 2.05) is 25.1 Å². The highest BCUT2D eigenvalue weighted by Crippen LogP contribution is 2.19. The predicted octanol–water partition coefficient (Wildman–Crippen LogP) is 2.39. The molecule has 0 aliphatic rings. The van der Waals surface area contributed by atoms with Gasteiger partial charge in [0.05, 0.1) is 23.7 Å². The van der Waals surface area contributed by atoms with Crippen LogP contribution in [0, 0.1) is 20.8 Å². The Morgan fingerprint density at radius 2 is 2.00 bits per heavy atom. The van der Waals surface area contributed by atoms with Gasteiger partial charge in [-0.25, -0.2) is 0 Å². The van der Waals surface area contributed by atoms with Crippen LogP contribution in [0.15, 0.2) is 24.3 Å². The Kier molecular flexibility index (Phi) is 6.16. The number of nitrogens with zero attached hydrogens (tertiary/aromatic N) is 2. The maximum absolute atomic E-state index is 12.1. The molecule has 1 amide bonds. The minimum absolute atomic E-state index is 0.0101. The van der Waals surface area contributed by atoms with Crippen LogP contribution in [0.3, 0.4) is 0 Å². The normalized spacial score (nSPS) is 10.4. The zero-order valence-electron chi connectivity index (χ0n) is 15.0. The second kappa shape index (κ2) is 8.32. The van der Waals surface area contributed by atoms with Crippen LogP contribution in [0.5, 0.6) is 5.75 Å². The predicted molar refractivity (Wildman–Crippen MR) is 93.6 cm³/mol. The van der Waals surface area contributed by atoms with Crippen LogP contribution in [0.4, 0.5) is 5.69 Å². The highest BCUT2D eigenvalue weighted by Gasteiger charge is 2.16. The highest BCUT2D eigenvalue weighted by molar-refractivity contribution is 5.93. The summed E-state index contributed by atoms with van der Waals surface area (Å²) in [6.07, 6.45) is 0. The van der Waals surface area contributed by atoms with Crippen LogP contribution in [-0.2, 0) is 20.9 Å². The zero-order valence-corrected chi connectivity index (χ0v) is 15.0. The fraction of sp³-hybridized carbons (Fsp3) is 0.389. The number of hydrogen-bond donors (Lipinski definition) is 1. The summed E-state index contributed by atoms with van der Waals surface area (Å²) in [5.41, 5.74) is 2.96. The van der Waals surface area contributed by atoms with E-state index in [0.29, 0.717) is 29.4 Å². The number of hydrogen-bond acceptors (Lipinski definition) is 5. The first kappa shape index (κ1) is 18.5. The topological polar surface area (TPSA) is 82.5 Å². The second-order valence-corrected chi connectivity index (χ2v) is 5.66. The van der Waals surface area contributed by atoms with Crippen molar-refractivity contribution in [2.45, 2.75) is 34.2 Å². The molecular weight excluding hydrogens is 322 g/mol. The SMILES string of the molecule is CCOC(=O)Cn1nc(C)c(NC(=O)COc2cccc(C)c2)c1C. The summed E-state index contributed by atoms with van der Waals surface area (Å²) in [7, 11) is 0. The van der Waals surface area contributed by atoms with E-state index in [1.165, 1.54) is 4.68 Å². The number of esters is 1. The van der Waals surface area contributed by atoms with Gasteiger partial charge < -0.3 is 14.8 Å². The standard InChI is InChI=1S/C18H23N3O4/c1-5-24-17(23)10-21-14(4)18(13(3)20-21)19-16(22)11-25-15-8-6-7-12(2)9-15/h6-9H,5,10-11H2,1-4H3,(H,19,22). The van der Waals surface area contributed by atoms with Crippen molar-refractivity contribution in [2.24, 2.45) is 0 Å². The molecule has 0 saturated heterocycles. The van der Waals surface area contributed by atoms with Crippen molar-refractivity contribution in [1.82, 2.24) is 9.78 Å². The van der Waals surface area contributed by atoms with Gasteiger partial charge in [-0.05, 0) is 45.4 Å². The Morgan fingerprint density at radius 3 is 2.68 bits per heavy atom. The molecule has 0 unspecified atom stereocenters. The number of nitrogens with one attached hydrogen (secondary N) is 1. The molecule has 1 heterocycles. The lowest BCUT2D eigenvalue weighted by Crippen LogP contribution is -2.21. The van der Waals surface area contributed by atoms with Gasteiger partial charge in [0.15, 0.2) is 6.61 Å².